The Hall–Kier alpha value is -0.610. The summed E-state index contributed by atoms with van der Waals surface area (Å²) in [5.41, 5.74) is -0.730. The van der Waals surface area contributed by atoms with Gasteiger partial charge >= 0.3 is 5.97 Å². The Bertz CT molecular complexity index is 229. The maximum absolute atomic E-state index is 11.3. The first-order valence-corrected chi connectivity index (χ1v) is 6.06. The molecule has 0 spiro atoms. The fourth-order valence-electron chi connectivity index (χ4n) is 2.10. The Morgan fingerprint density at radius 1 is 1.56 bits per heavy atom. The summed E-state index contributed by atoms with van der Waals surface area (Å²) in [5.74, 6) is -0.753. The average Bonchev–Trinajstić information content (AvgIpc) is 2.61. The molecular weight excluding hydrogens is 208 g/mol. The summed E-state index contributed by atoms with van der Waals surface area (Å²) in [7, 11) is 0. The first-order chi connectivity index (χ1) is 7.63. The van der Waals surface area contributed by atoms with Gasteiger partial charge in [-0.05, 0) is 26.2 Å². The lowest BCUT2D eigenvalue weighted by Crippen LogP contribution is -2.38. The highest BCUT2D eigenvalue weighted by atomic mass is 16.5. The van der Waals surface area contributed by atoms with E-state index < -0.39 is 11.4 Å². The normalized spacial score (nSPS) is 29.5. The largest absolute Gasteiger partial charge is 0.481 e. The quantitative estimate of drug-likeness (QED) is 0.680. The van der Waals surface area contributed by atoms with Gasteiger partial charge < -0.3 is 14.6 Å². The summed E-state index contributed by atoms with van der Waals surface area (Å²) in [5, 5.41) is 9.30. The molecule has 16 heavy (non-hydrogen) atoms. The molecule has 0 radical (unpaired) electrons. The number of hydrogen-bond acceptors (Lipinski definition) is 3. The number of rotatable bonds is 7. The van der Waals surface area contributed by atoms with Crippen LogP contribution in [0.5, 0.6) is 0 Å². The van der Waals surface area contributed by atoms with Gasteiger partial charge in [0.25, 0.3) is 0 Å². The molecule has 1 N–H and O–H groups in total. The van der Waals surface area contributed by atoms with Crippen LogP contribution in [-0.4, -0.2) is 37.0 Å². The van der Waals surface area contributed by atoms with Gasteiger partial charge in [-0.15, -0.1) is 0 Å². The molecule has 0 bridgehead atoms. The van der Waals surface area contributed by atoms with Crippen molar-refractivity contribution >= 4 is 5.97 Å². The van der Waals surface area contributed by atoms with E-state index in [0.717, 1.165) is 19.4 Å². The van der Waals surface area contributed by atoms with Crippen molar-refractivity contribution in [1.82, 2.24) is 0 Å². The smallest absolute Gasteiger partial charge is 0.312 e. The highest BCUT2D eigenvalue weighted by Gasteiger charge is 2.47. The topological polar surface area (TPSA) is 55.8 Å². The van der Waals surface area contributed by atoms with Crippen LogP contribution < -0.4 is 0 Å². The predicted octanol–water partition coefficient (Wildman–Crippen LogP) is 2.07. The highest BCUT2D eigenvalue weighted by molar-refractivity contribution is 5.75. The van der Waals surface area contributed by atoms with E-state index in [2.05, 4.69) is 6.92 Å². The molecule has 2 unspecified atom stereocenters. The fraction of sp³-hybridized carbons (Fsp3) is 0.917. The molecule has 1 rings (SSSR count). The minimum absolute atomic E-state index is 0.209. The van der Waals surface area contributed by atoms with E-state index in [1.165, 1.54) is 0 Å². The zero-order chi connectivity index (χ0) is 12.0. The summed E-state index contributed by atoms with van der Waals surface area (Å²) >= 11 is 0. The molecule has 0 amide bonds. The third-order valence-corrected chi connectivity index (χ3v) is 3.45. The molecule has 94 valence electrons. The van der Waals surface area contributed by atoms with Gasteiger partial charge in [-0.25, -0.2) is 0 Å². The second-order valence-electron chi connectivity index (χ2n) is 4.44. The number of carboxylic acid groups (broad SMARTS) is 1. The van der Waals surface area contributed by atoms with Gasteiger partial charge in [0.2, 0.25) is 0 Å². The zero-order valence-corrected chi connectivity index (χ0v) is 10.2. The minimum atomic E-state index is -0.753. The molecule has 1 aliphatic rings. The summed E-state index contributed by atoms with van der Waals surface area (Å²) in [6.45, 7) is 5.73. The Labute approximate surface area is 96.9 Å². The molecule has 0 aliphatic carbocycles. The van der Waals surface area contributed by atoms with Crippen molar-refractivity contribution in [2.45, 2.75) is 45.6 Å². The molecule has 0 aromatic rings. The second kappa shape index (κ2) is 6.21. The van der Waals surface area contributed by atoms with Gasteiger partial charge in [-0.1, -0.05) is 13.3 Å². The van der Waals surface area contributed by atoms with Crippen LogP contribution in [-0.2, 0) is 14.3 Å². The molecule has 0 aromatic carbocycles. The standard InChI is InChI=1S/C12H22O4/c1-3-4-7-15-8-5-12(11(13)14)6-9-16-10(12)2/h10H,3-9H2,1-2H3,(H,13,14). The first kappa shape index (κ1) is 13.5. The third kappa shape index (κ3) is 2.95. The minimum Gasteiger partial charge on any atom is -0.481 e. The van der Waals surface area contributed by atoms with Crippen LogP contribution in [0.3, 0.4) is 0 Å². The Kier molecular flexibility index (Phi) is 5.22. The highest BCUT2D eigenvalue weighted by Crippen LogP contribution is 2.38. The number of hydrogen-bond donors (Lipinski definition) is 1. The number of unbranched alkanes of at least 4 members (excludes halogenated alkanes) is 1. The second-order valence-corrected chi connectivity index (χ2v) is 4.44. The Balaban J connectivity index is 2.38. The van der Waals surface area contributed by atoms with Gasteiger partial charge in [0.05, 0.1) is 11.5 Å². The predicted molar refractivity (Wildman–Crippen MR) is 60.4 cm³/mol. The molecule has 1 fully saturated rings. The van der Waals surface area contributed by atoms with Crippen LogP contribution in [0, 0.1) is 5.41 Å². The van der Waals surface area contributed by atoms with E-state index in [9.17, 15) is 9.90 Å². The molecule has 1 aliphatic heterocycles. The molecule has 0 aromatic heterocycles. The fourth-order valence-corrected chi connectivity index (χ4v) is 2.10. The van der Waals surface area contributed by atoms with E-state index in [-0.39, 0.29) is 6.10 Å². The maximum atomic E-state index is 11.3. The van der Waals surface area contributed by atoms with E-state index in [0.29, 0.717) is 26.1 Å². The van der Waals surface area contributed by atoms with Gasteiger partial charge in [0, 0.05) is 19.8 Å². The first-order valence-electron chi connectivity index (χ1n) is 6.06. The molecule has 1 heterocycles. The lowest BCUT2D eigenvalue weighted by Gasteiger charge is -2.27. The van der Waals surface area contributed by atoms with Crippen LogP contribution in [0.1, 0.15) is 39.5 Å². The van der Waals surface area contributed by atoms with Crippen molar-refractivity contribution < 1.29 is 19.4 Å². The van der Waals surface area contributed by atoms with E-state index in [4.69, 9.17) is 9.47 Å². The number of ether oxygens (including phenoxy) is 2. The van der Waals surface area contributed by atoms with Crippen molar-refractivity contribution in [3.63, 3.8) is 0 Å². The van der Waals surface area contributed by atoms with Gasteiger partial charge in [-0.2, -0.15) is 0 Å². The van der Waals surface area contributed by atoms with Gasteiger partial charge in [0.1, 0.15) is 0 Å². The Morgan fingerprint density at radius 2 is 2.31 bits per heavy atom. The van der Waals surface area contributed by atoms with Crippen molar-refractivity contribution in [3.05, 3.63) is 0 Å². The van der Waals surface area contributed by atoms with Gasteiger partial charge in [-0.3, -0.25) is 4.79 Å². The molecule has 2 atom stereocenters. The molecular formula is C12H22O4. The van der Waals surface area contributed by atoms with Crippen molar-refractivity contribution in [1.29, 1.82) is 0 Å². The lowest BCUT2D eigenvalue weighted by molar-refractivity contribution is -0.153. The lowest BCUT2D eigenvalue weighted by atomic mass is 9.79. The van der Waals surface area contributed by atoms with Gasteiger partial charge in [0.15, 0.2) is 0 Å². The van der Waals surface area contributed by atoms with Crippen LogP contribution in [0.2, 0.25) is 0 Å². The summed E-state index contributed by atoms with van der Waals surface area (Å²) in [6.07, 6.45) is 3.07. The average molecular weight is 230 g/mol. The molecule has 4 nitrogen and oxygen atoms in total. The maximum Gasteiger partial charge on any atom is 0.312 e. The van der Waals surface area contributed by atoms with Crippen molar-refractivity contribution in [2.24, 2.45) is 5.41 Å². The van der Waals surface area contributed by atoms with Crippen molar-refractivity contribution in [2.75, 3.05) is 19.8 Å². The van der Waals surface area contributed by atoms with E-state index in [1.54, 1.807) is 0 Å². The number of carbonyl (C=O) groups is 1. The number of aliphatic carboxylic acids is 1. The van der Waals surface area contributed by atoms with Crippen LogP contribution in [0.4, 0.5) is 0 Å². The third-order valence-electron chi connectivity index (χ3n) is 3.45. The Morgan fingerprint density at radius 3 is 2.81 bits per heavy atom. The van der Waals surface area contributed by atoms with E-state index in [1.807, 2.05) is 6.92 Å². The van der Waals surface area contributed by atoms with E-state index >= 15 is 0 Å². The summed E-state index contributed by atoms with van der Waals surface area (Å²) in [4.78, 5) is 11.3. The molecule has 4 heteroatoms. The van der Waals surface area contributed by atoms with Crippen LogP contribution >= 0.6 is 0 Å². The summed E-state index contributed by atoms with van der Waals surface area (Å²) < 4.78 is 10.8. The number of carboxylic acids is 1. The molecule has 1 saturated heterocycles. The van der Waals surface area contributed by atoms with Crippen LogP contribution in [0.15, 0.2) is 0 Å². The van der Waals surface area contributed by atoms with Crippen molar-refractivity contribution in [3.8, 4) is 0 Å². The SMILES string of the molecule is CCCCOCCC1(C(=O)O)CCOC1C. The van der Waals surface area contributed by atoms with Crippen LogP contribution in [0.25, 0.3) is 0 Å². The molecule has 0 saturated carbocycles. The summed E-state index contributed by atoms with van der Waals surface area (Å²) in [6, 6.07) is 0. The zero-order valence-electron chi connectivity index (χ0n) is 10.2. The monoisotopic (exact) mass is 230 g/mol.